The first-order valence-electron chi connectivity index (χ1n) is 6.28. The van der Waals surface area contributed by atoms with Crippen molar-refractivity contribution in [3.63, 3.8) is 0 Å². The maximum Gasteiger partial charge on any atom is 0.193 e. The summed E-state index contributed by atoms with van der Waals surface area (Å²) < 4.78 is 5.32. The zero-order chi connectivity index (χ0) is 11.0. The highest BCUT2D eigenvalue weighted by molar-refractivity contribution is 6.28. The first kappa shape index (κ1) is 10.7. The molecule has 1 heterocycles. The van der Waals surface area contributed by atoms with Crippen molar-refractivity contribution in [2.75, 3.05) is 6.54 Å². The Kier molecular flexibility index (Phi) is 2.95. The van der Waals surface area contributed by atoms with Gasteiger partial charge in [0.2, 0.25) is 0 Å². The first-order chi connectivity index (χ1) is 7.83. The minimum Gasteiger partial charge on any atom is -0.448 e. The van der Waals surface area contributed by atoms with Crippen LogP contribution < -0.4 is 5.32 Å². The number of hydrogen-bond acceptors (Lipinski definition) is 2. The van der Waals surface area contributed by atoms with E-state index in [2.05, 4.69) is 5.32 Å². The van der Waals surface area contributed by atoms with Crippen molar-refractivity contribution in [3.8, 4) is 0 Å². The molecule has 1 aromatic heterocycles. The Morgan fingerprint density at radius 1 is 1.25 bits per heavy atom. The van der Waals surface area contributed by atoms with Crippen LogP contribution in [0.1, 0.15) is 31.4 Å². The lowest BCUT2D eigenvalue weighted by Crippen LogP contribution is -2.25. The molecule has 2 aliphatic carbocycles. The third-order valence-electron chi connectivity index (χ3n) is 3.76. The maximum absolute atomic E-state index is 5.73. The van der Waals surface area contributed by atoms with Crippen molar-refractivity contribution in [2.24, 2.45) is 17.8 Å². The van der Waals surface area contributed by atoms with E-state index in [9.17, 15) is 0 Å². The normalized spacial score (nSPS) is 20.6. The molecule has 0 atom stereocenters. The highest BCUT2D eigenvalue weighted by Gasteiger charge is 2.40. The van der Waals surface area contributed by atoms with Crippen LogP contribution in [0.3, 0.4) is 0 Å². The summed E-state index contributed by atoms with van der Waals surface area (Å²) in [7, 11) is 0. The van der Waals surface area contributed by atoms with Crippen molar-refractivity contribution in [3.05, 3.63) is 23.1 Å². The van der Waals surface area contributed by atoms with Crippen LogP contribution in [0, 0.1) is 17.8 Å². The molecule has 3 rings (SSSR count). The Morgan fingerprint density at radius 2 is 1.94 bits per heavy atom. The van der Waals surface area contributed by atoms with Crippen molar-refractivity contribution < 1.29 is 4.42 Å². The average molecular weight is 240 g/mol. The lowest BCUT2D eigenvalue weighted by molar-refractivity contribution is 0.368. The molecule has 0 unspecified atom stereocenters. The van der Waals surface area contributed by atoms with Crippen LogP contribution in [-0.2, 0) is 6.54 Å². The van der Waals surface area contributed by atoms with Crippen molar-refractivity contribution in [1.29, 1.82) is 0 Å². The summed E-state index contributed by atoms with van der Waals surface area (Å²) >= 11 is 5.73. The molecule has 2 saturated carbocycles. The highest BCUT2D eigenvalue weighted by Crippen LogP contribution is 2.48. The number of furan rings is 1. The molecule has 0 saturated heterocycles. The summed E-state index contributed by atoms with van der Waals surface area (Å²) in [5.41, 5.74) is 0. The molecule has 88 valence electrons. The van der Waals surface area contributed by atoms with Crippen molar-refractivity contribution in [2.45, 2.75) is 32.2 Å². The van der Waals surface area contributed by atoms with Gasteiger partial charge in [0, 0.05) is 0 Å². The summed E-state index contributed by atoms with van der Waals surface area (Å²) in [6.07, 6.45) is 5.82. The smallest absolute Gasteiger partial charge is 0.193 e. The summed E-state index contributed by atoms with van der Waals surface area (Å²) in [4.78, 5) is 0. The van der Waals surface area contributed by atoms with Gasteiger partial charge in [-0.05, 0) is 73.7 Å². The third kappa shape index (κ3) is 2.61. The second-order valence-electron chi connectivity index (χ2n) is 5.18. The molecule has 1 aromatic rings. The van der Waals surface area contributed by atoms with Gasteiger partial charge in [-0.25, -0.2) is 0 Å². The van der Waals surface area contributed by atoms with Gasteiger partial charge in [-0.2, -0.15) is 0 Å². The van der Waals surface area contributed by atoms with Gasteiger partial charge < -0.3 is 9.73 Å². The monoisotopic (exact) mass is 239 g/mol. The van der Waals surface area contributed by atoms with E-state index in [-0.39, 0.29) is 0 Å². The van der Waals surface area contributed by atoms with E-state index in [0.717, 1.165) is 36.6 Å². The lowest BCUT2D eigenvalue weighted by Gasteiger charge is -2.15. The summed E-state index contributed by atoms with van der Waals surface area (Å²) in [6, 6.07) is 3.75. The van der Waals surface area contributed by atoms with Gasteiger partial charge in [0.25, 0.3) is 0 Å². The van der Waals surface area contributed by atoms with E-state index in [1.165, 1.54) is 25.7 Å². The van der Waals surface area contributed by atoms with Crippen LogP contribution in [0.25, 0.3) is 0 Å². The van der Waals surface area contributed by atoms with Gasteiger partial charge in [0.05, 0.1) is 6.54 Å². The molecular formula is C13H18ClNO. The molecule has 0 amide bonds. The largest absolute Gasteiger partial charge is 0.448 e. The Labute approximate surface area is 101 Å². The molecule has 0 radical (unpaired) electrons. The quantitative estimate of drug-likeness (QED) is 0.823. The summed E-state index contributed by atoms with van der Waals surface area (Å²) in [5.74, 6) is 3.89. The van der Waals surface area contributed by atoms with E-state index in [1.807, 2.05) is 6.07 Å². The topological polar surface area (TPSA) is 25.2 Å². The Bertz CT molecular complexity index is 343. The third-order valence-corrected chi connectivity index (χ3v) is 3.97. The SMILES string of the molecule is Clc1ccc(CNCC(C2CC2)C2CC2)o1. The zero-order valence-corrected chi connectivity index (χ0v) is 10.2. The van der Waals surface area contributed by atoms with E-state index < -0.39 is 0 Å². The molecular weight excluding hydrogens is 222 g/mol. The van der Waals surface area contributed by atoms with Gasteiger partial charge in [-0.1, -0.05) is 0 Å². The molecule has 3 heteroatoms. The second-order valence-corrected chi connectivity index (χ2v) is 5.55. The zero-order valence-electron chi connectivity index (χ0n) is 9.42. The fraction of sp³-hybridized carbons (Fsp3) is 0.692. The van der Waals surface area contributed by atoms with Crippen LogP contribution in [0.5, 0.6) is 0 Å². The van der Waals surface area contributed by atoms with Crippen molar-refractivity contribution >= 4 is 11.6 Å². The van der Waals surface area contributed by atoms with Crippen LogP contribution in [0.15, 0.2) is 16.5 Å². The second kappa shape index (κ2) is 4.42. The molecule has 2 nitrogen and oxygen atoms in total. The predicted molar refractivity (Wildman–Crippen MR) is 64.4 cm³/mol. The van der Waals surface area contributed by atoms with E-state index >= 15 is 0 Å². The van der Waals surface area contributed by atoms with Crippen molar-refractivity contribution in [1.82, 2.24) is 5.32 Å². The average Bonchev–Trinajstić information content (AvgIpc) is 3.15. The Morgan fingerprint density at radius 3 is 2.44 bits per heavy atom. The van der Waals surface area contributed by atoms with Gasteiger partial charge in [0.1, 0.15) is 5.76 Å². The fourth-order valence-electron chi connectivity index (χ4n) is 2.58. The standard InChI is InChI=1S/C13H18ClNO/c14-13-6-5-11(16-13)7-15-8-12(9-1-2-9)10-3-4-10/h5-6,9-10,12,15H,1-4,7-8H2. The minimum absolute atomic E-state index is 0.484. The van der Waals surface area contributed by atoms with Crippen LogP contribution in [-0.4, -0.2) is 6.54 Å². The van der Waals surface area contributed by atoms with Crippen LogP contribution >= 0.6 is 11.6 Å². The Balaban J connectivity index is 1.44. The van der Waals surface area contributed by atoms with Gasteiger partial charge in [0.15, 0.2) is 5.22 Å². The van der Waals surface area contributed by atoms with E-state index in [1.54, 1.807) is 6.07 Å². The molecule has 16 heavy (non-hydrogen) atoms. The number of rotatable bonds is 6. The molecule has 2 fully saturated rings. The first-order valence-corrected chi connectivity index (χ1v) is 6.65. The molecule has 0 bridgehead atoms. The Hall–Kier alpha value is -0.470. The minimum atomic E-state index is 0.484. The maximum atomic E-state index is 5.73. The highest BCUT2D eigenvalue weighted by atomic mass is 35.5. The molecule has 2 aliphatic rings. The summed E-state index contributed by atoms with van der Waals surface area (Å²) in [5, 5.41) is 3.99. The van der Waals surface area contributed by atoms with Crippen LogP contribution in [0.4, 0.5) is 0 Å². The van der Waals surface area contributed by atoms with Gasteiger partial charge >= 0.3 is 0 Å². The number of nitrogens with one attached hydrogen (secondary N) is 1. The van der Waals surface area contributed by atoms with Gasteiger partial charge in [-0.15, -0.1) is 0 Å². The molecule has 0 aliphatic heterocycles. The van der Waals surface area contributed by atoms with E-state index in [0.29, 0.717) is 5.22 Å². The molecule has 1 N–H and O–H groups in total. The lowest BCUT2D eigenvalue weighted by atomic mass is 9.98. The molecule has 0 aromatic carbocycles. The summed E-state index contributed by atoms with van der Waals surface area (Å²) in [6.45, 7) is 1.95. The molecule has 0 spiro atoms. The predicted octanol–water partition coefficient (Wildman–Crippen LogP) is 3.46. The van der Waals surface area contributed by atoms with E-state index in [4.69, 9.17) is 16.0 Å². The fourth-order valence-corrected chi connectivity index (χ4v) is 2.74. The number of halogens is 1. The van der Waals surface area contributed by atoms with Crippen LogP contribution in [0.2, 0.25) is 5.22 Å². The van der Waals surface area contributed by atoms with Gasteiger partial charge in [-0.3, -0.25) is 0 Å². The number of hydrogen-bond donors (Lipinski definition) is 1.